The van der Waals surface area contributed by atoms with Gasteiger partial charge >= 0.3 is 0 Å². The lowest BCUT2D eigenvalue weighted by Crippen LogP contribution is -2.18. The van der Waals surface area contributed by atoms with Gasteiger partial charge in [-0.15, -0.1) is 0 Å². The van der Waals surface area contributed by atoms with Crippen molar-refractivity contribution in [3.05, 3.63) is 53.9 Å². The van der Waals surface area contributed by atoms with E-state index in [4.69, 9.17) is 4.74 Å². The normalized spacial score (nSPS) is 15.4. The highest BCUT2D eigenvalue weighted by Gasteiger charge is 2.28. The second-order valence-electron chi connectivity index (χ2n) is 6.07. The number of rotatable bonds is 3. The number of imidazole rings is 1. The number of methoxy groups -OCH3 is 1. The highest BCUT2D eigenvalue weighted by atomic mass is 19.1. The fourth-order valence-electron chi connectivity index (χ4n) is 3.26. The van der Waals surface area contributed by atoms with Crippen LogP contribution in [0.4, 0.5) is 10.1 Å². The molecule has 0 aliphatic carbocycles. The van der Waals surface area contributed by atoms with E-state index in [1.54, 1.807) is 18.5 Å². The van der Waals surface area contributed by atoms with Gasteiger partial charge < -0.3 is 19.6 Å². The first-order valence-electron chi connectivity index (χ1n) is 7.97. The molecule has 1 aliphatic rings. The van der Waals surface area contributed by atoms with Crippen molar-refractivity contribution in [3.8, 4) is 17.1 Å². The third-order valence-corrected chi connectivity index (χ3v) is 4.48. The second kappa shape index (κ2) is 5.77. The summed E-state index contributed by atoms with van der Waals surface area (Å²) < 4.78 is 20.8. The van der Waals surface area contributed by atoms with E-state index in [-0.39, 0.29) is 17.7 Å². The average molecular weight is 340 g/mol. The molecule has 25 heavy (non-hydrogen) atoms. The SMILES string of the molecule is COc1ccc(NC(=O)c2c[nH]c3c2-c2nccn2[C@@H](C)C3)cc1F. The van der Waals surface area contributed by atoms with Crippen molar-refractivity contribution < 1.29 is 13.9 Å². The van der Waals surface area contributed by atoms with Crippen molar-refractivity contribution in [3.63, 3.8) is 0 Å². The largest absolute Gasteiger partial charge is 0.494 e. The standard InChI is InChI=1S/C18H17FN4O2/c1-10-7-14-16(17-20-5-6-23(10)17)12(9-21-14)18(24)22-11-3-4-15(25-2)13(19)8-11/h3-6,8-10,21H,7H2,1-2H3,(H,22,24)/t10-/m0/s1. The summed E-state index contributed by atoms with van der Waals surface area (Å²) in [7, 11) is 1.39. The lowest BCUT2D eigenvalue weighted by atomic mass is 10.0. The molecule has 6 nitrogen and oxygen atoms in total. The Bertz CT molecular complexity index is 960. The van der Waals surface area contributed by atoms with Crippen molar-refractivity contribution in [2.24, 2.45) is 0 Å². The van der Waals surface area contributed by atoms with Gasteiger partial charge in [0.1, 0.15) is 5.82 Å². The van der Waals surface area contributed by atoms with Gasteiger partial charge in [0.2, 0.25) is 0 Å². The molecule has 0 saturated heterocycles. The van der Waals surface area contributed by atoms with Crippen LogP contribution >= 0.6 is 0 Å². The second-order valence-corrected chi connectivity index (χ2v) is 6.07. The first-order valence-corrected chi connectivity index (χ1v) is 7.97. The molecule has 2 N–H and O–H groups in total. The van der Waals surface area contributed by atoms with E-state index < -0.39 is 5.82 Å². The number of H-pyrrole nitrogens is 1. The fourth-order valence-corrected chi connectivity index (χ4v) is 3.26. The Labute approximate surface area is 143 Å². The number of hydrogen-bond acceptors (Lipinski definition) is 3. The molecule has 4 rings (SSSR count). The third-order valence-electron chi connectivity index (χ3n) is 4.48. The summed E-state index contributed by atoms with van der Waals surface area (Å²) in [6, 6.07) is 4.59. The van der Waals surface area contributed by atoms with Crippen molar-refractivity contribution in [2.75, 3.05) is 12.4 Å². The van der Waals surface area contributed by atoms with Crippen LogP contribution in [0.2, 0.25) is 0 Å². The number of benzene rings is 1. The zero-order valence-electron chi connectivity index (χ0n) is 13.8. The summed E-state index contributed by atoms with van der Waals surface area (Å²) in [5, 5.41) is 2.73. The smallest absolute Gasteiger partial charge is 0.257 e. The topological polar surface area (TPSA) is 71.9 Å². The summed E-state index contributed by atoms with van der Waals surface area (Å²) in [4.78, 5) is 20.3. The molecule has 0 unspecified atom stereocenters. The highest BCUT2D eigenvalue weighted by molar-refractivity contribution is 6.08. The minimum atomic E-state index is -0.527. The minimum absolute atomic E-state index is 0.132. The fraction of sp³-hybridized carbons (Fsp3) is 0.222. The molecule has 1 aromatic carbocycles. The van der Waals surface area contributed by atoms with Gasteiger partial charge in [-0.1, -0.05) is 0 Å². The summed E-state index contributed by atoms with van der Waals surface area (Å²) in [6.07, 6.45) is 6.12. The molecule has 3 heterocycles. The maximum absolute atomic E-state index is 13.8. The lowest BCUT2D eigenvalue weighted by molar-refractivity contribution is 0.102. The molecular weight excluding hydrogens is 323 g/mol. The predicted molar refractivity (Wildman–Crippen MR) is 91.3 cm³/mol. The van der Waals surface area contributed by atoms with Crippen LogP contribution in [0.25, 0.3) is 11.4 Å². The van der Waals surface area contributed by atoms with Crippen LogP contribution in [0.3, 0.4) is 0 Å². The number of ether oxygens (including phenoxy) is 1. The number of aromatic nitrogens is 3. The minimum Gasteiger partial charge on any atom is -0.494 e. The molecule has 0 bridgehead atoms. The van der Waals surface area contributed by atoms with Gasteiger partial charge in [0, 0.05) is 48.5 Å². The maximum atomic E-state index is 13.8. The van der Waals surface area contributed by atoms with Gasteiger partial charge in [0.15, 0.2) is 11.6 Å². The van der Waals surface area contributed by atoms with Gasteiger partial charge in [-0.25, -0.2) is 9.37 Å². The summed E-state index contributed by atoms with van der Waals surface area (Å²) >= 11 is 0. The number of carbonyl (C=O) groups is 1. The number of amides is 1. The Morgan fingerprint density at radius 2 is 2.32 bits per heavy atom. The van der Waals surface area contributed by atoms with Crippen molar-refractivity contribution in [2.45, 2.75) is 19.4 Å². The number of anilines is 1. The predicted octanol–water partition coefficient (Wildman–Crippen LogP) is 3.40. The molecule has 0 spiro atoms. The molecule has 128 valence electrons. The molecular formula is C18H17FN4O2. The van der Waals surface area contributed by atoms with Crippen molar-refractivity contribution in [1.82, 2.24) is 14.5 Å². The number of nitrogens with zero attached hydrogens (tertiary/aromatic N) is 2. The summed E-state index contributed by atoms with van der Waals surface area (Å²) in [6.45, 7) is 2.11. The summed E-state index contributed by atoms with van der Waals surface area (Å²) in [5.41, 5.74) is 2.64. The Hall–Kier alpha value is -3.09. The van der Waals surface area contributed by atoms with E-state index in [0.717, 1.165) is 23.5 Å². The van der Waals surface area contributed by atoms with Crippen LogP contribution in [0.1, 0.15) is 29.0 Å². The van der Waals surface area contributed by atoms with Crippen LogP contribution in [0.5, 0.6) is 5.75 Å². The van der Waals surface area contributed by atoms with E-state index >= 15 is 0 Å². The number of aromatic amines is 1. The molecule has 1 aliphatic heterocycles. The van der Waals surface area contributed by atoms with Gasteiger partial charge in [0.05, 0.1) is 18.2 Å². The van der Waals surface area contributed by atoms with Gasteiger partial charge in [-0.2, -0.15) is 0 Å². The molecule has 7 heteroatoms. The first kappa shape index (κ1) is 15.4. The van der Waals surface area contributed by atoms with Crippen molar-refractivity contribution >= 4 is 11.6 Å². The third kappa shape index (κ3) is 2.48. The molecule has 1 atom stereocenters. The zero-order chi connectivity index (χ0) is 17.6. The Balaban J connectivity index is 1.66. The lowest BCUT2D eigenvalue weighted by Gasteiger charge is -2.22. The van der Waals surface area contributed by atoms with E-state index in [1.807, 2.05) is 6.20 Å². The zero-order valence-corrected chi connectivity index (χ0v) is 13.8. The number of fused-ring (bicyclic) bond motifs is 3. The van der Waals surface area contributed by atoms with Crippen LogP contribution < -0.4 is 10.1 Å². The molecule has 1 amide bonds. The quantitative estimate of drug-likeness (QED) is 0.768. The number of hydrogen-bond donors (Lipinski definition) is 2. The monoisotopic (exact) mass is 340 g/mol. The molecule has 0 radical (unpaired) electrons. The Morgan fingerprint density at radius 1 is 1.48 bits per heavy atom. The van der Waals surface area contributed by atoms with E-state index in [0.29, 0.717) is 11.3 Å². The van der Waals surface area contributed by atoms with Crippen LogP contribution in [-0.4, -0.2) is 27.6 Å². The average Bonchev–Trinajstić information content (AvgIpc) is 3.21. The Morgan fingerprint density at radius 3 is 3.08 bits per heavy atom. The first-order chi connectivity index (χ1) is 12.1. The van der Waals surface area contributed by atoms with Crippen LogP contribution in [0.15, 0.2) is 36.8 Å². The molecule has 2 aromatic heterocycles. The Kier molecular flexibility index (Phi) is 3.56. The van der Waals surface area contributed by atoms with E-state index in [2.05, 4.69) is 26.8 Å². The molecule has 0 fully saturated rings. The van der Waals surface area contributed by atoms with Gasteiger partial charge in [-0.05, 0) is 19.1 Å². The number of nitrogens with one attached hydrogen (secondary N) is 2. The van der Waals surface area contributed by atoms with Gasteiger partial charge in [0.25, 0.3) is 5.91 Å². The highest BCUT2D eigenvalue weighted by Crippen LogP contribution is 2.35. The maximum Gasteiger partial charge on any atom is 0.257 e. The molecule has 3 aromatic rings. The number of halogens is 1. The van der Waals surface area contributed by atoms with Crippen molar-refractivity contribution in [1.29, 1.82) is 0 Å². The van der Waals surface area contributed by atoms with E-state index in [1.165, 1.54) is 19.2 Å². The van der Waals surface area contributed by atoms with Crippen LogP contribution in [-0.2, 0) is 6.42 Å². The molecule has 0 saturated carbocycles. The summed E-state index contributed by atoms with van der Waals surface area (Å²) in [5.74, 6) is 0.0565. The van der Waals surface area contributed by atoms with E-state index in [9.17, 15) is 9.18 Å². The van der Waals surface area contributed by atoms with Gasteiger partial charge in [-0.3, -0.25) is 4.79 Å². The van der Waals surface area contributed by atoms with Crippen LogP contribution in [0, 0.1) is 5.82 Å². The number of carbonyl (C=O) groups excluding carboxylic acids is 1.